The van der Waals surface area contributed by atoms with E-state index in [9.17, 15) is 0 Å². The average molecular weight is 417 g/mol. The first-order chi connectivity index (χ1) is 14.5. The van der Waals surface area contributed by atoms with Gasteiger partial charge in [0.25, 0.3) is 0 Å². The minimum absolute atomic E-state index is 0.320. The Morgan fingerprint density at radius 1 is 0.967 bits per heavy atom. The molecule has 154 valence electrons. The molecule has 30 heavy (non-hydrogen) atoms. The molecule has 1 unspecified atom stereocenters. The summed E-state index contributed by atoms with van der Waals surface area (Å²) in [6.45, 7) is 10.8. The zero-order valence-electron chi connectivity index (χ0n) is 18.3. The number of nitrogens with zero attached hydrogens (tertiary/aromatic N) is 4. The Balaban J connectivity index is 1.63. The number of rotatable bonds is 6. The van der Waals surface area contributed by atoms with E-state index in [0.717, 1.165) is 23.8 Å². The first-order valence-corrected chi connectivity index (χ1v) is 11.3. The molecular weight excluding hydrogens is 388 g/mol. The lowest BCUT2D eigenvalue weighted by Crippen LogP contribution is -2.06. The van der Waals surface area contributed by atoms with Gasteiger partial charge in [0, 0.05) is 17.5 Å². The largest absolute Gasteiger partial charge is 0.283 e. The maximum Gasteiger partial charge on any atom is 0.140 e. The second kappa shape index (κ2) is 8.52. The van der Waals surface area contributed by atoms with Gasteiger partial charge in [0.15, 0.2) is 0 Å². The molecule has 0 aliphatic rings. The highest BCUT2D eigenvalue weighted by molar-refractivity contribution is 7.13. The number of aryl methyl sites for hydroxylation is 2. The zero-order chi connectivity index (χ0) is 21.3. The molecule has 0 aliphatic heterocycles. The van der Waals surface area contributed by atoms with Crippen molar-refractivity contribution in [2.45, 2.75) is 52.9 Å². The maximum atomic E-state index is 4.75. The van der Waals surface area contributed by atoms with E-state index in [-0.39, 0.29) is 0 Å². The monoisotopic (exact) mass is 416 g/mol. The van der Waals surface area contributed by atoms with Gasteiger partial charge in [-0.25, -0.2) is 4.98 Å². The van der Waals surface area contributed by atoms with Crippen molar-refractivity contribution in [1.29, 1.82) is 0 Å². The van der Waals surface area contributed by atoms with E-state index in [2.05, 4.69) is 91.0 Å². The minimum atomic E-state index is 0.320. The van der Waals surface area contributed by atoms with Gasteiger partial charge in [0.2, 0.25) is 0 Å². The first-order valence-electron chi connectivity index (χ1n) is 10.5. The molecular formula is C25H28N4S. The van der Waals surface area contributed by atoms with Crippen molar-refractivity contribution in [1.82, 2.24) is 19.7 Å². The Bertz CT molecular complexity index is 1160. The first kappa shape index (κ1) is 20.5. The van der Waals surface area contributed by atoms with E-state index >= 15 is 0 Å². The Morgan fingerprint density at radius 3 is 2.53 bits per heavy atom. The Kier molecular flexibility index (Phi) is 5.82. The molecule has 2 aromatic carbocycles. The minimum Gasteiger partial charge on any atom is -0.283 e. The lowest BCUT2D eigenvalue weighted by atomic mass is 9.94. The van der Waals surface area contributed by atoms with Crippen molar-refractivity contribution < 1.29 is 0 Å². The van der Waals surface area contributed by atoms with Gasteiger partial charge in [-0.1, -0.05) is 57.2 Å². The van der Waals surface area contributed by atoms with E-state index in [4.69, 9.17) is 4.98 Å². The van der Waals surface area contributed by atoms with Crippen molar-refractivity contribution in [2.75, 3.05) is 0 Å². The van der Waals surface area contributed by atoms with E-state index in [1.54, 1.807) is 11.3 Å². The van der Waals surface area contributed by atoms with Crippen LogP contribution in [0.15, 0.2) is 54.0 Å². The van der Waals surface area contributed by atoms with Crippen molar-refractivity contribution >= 4 is 11.3 Å². The molecule has 0 fully saturated rings. The fourth-order valence-electron chi connectivity index (χ4n) is 3.98. The molecule has 1 atom stereocenters. The third kappa shape index (κ3) is 3.94. The molecule has 4 aromatic rings. The van der Waals surface area contributed by atoms with E-state index < -0.39 is 0 Å². The van der Waals surface area contributed by atoms with Crippen LogP contribution in [-0.2, 0) is 6.42 Å². The number of benzene rings is 2. The van der Waals surface area contributed by atoms with Gasteiger partial charge in [0.05, 0.1) is 16.1 Å². The summed E-state index contributed by atoms with van der Waals surface area (Å²) in [6, 6.07) is 17.3. The molecule has 0 bridgehead atoms. The van der Waals surface area contributed by atoms with Crippen LogP contribution in [0.25, 0.3) is 16.1 Å². The van der Waals surface area contributed by atoms with Gasteiger partial charge in [0.1, 0.15) is 11.6 Å². The van der Waals surface area contributed by atoms with Gasteiger partial charge in [-0.2, -0.15) is 0 Å². The van der Waals surface area contributed by atoms with Crippen molar-refractivity contribution in [3.63, 3.8) is 0 Å². The molecule has 5 heteroatoms. The van der Waals surface area contributed by atoms with Crippen LogP contribution in [0.2, 0.25) is 0 Å². The lowest BCUT2D eigenvalue weighted by molar-refractivity contribution is 0.730. The molecule has 4 nitrogen and oxygen atoms in total. The van der Waals surface area contributed by atoms with Gasteiger partial charge in [-0.3, -0.25) is 4.57 Å². The summed E-state index contributed by atoms with van der Waals surface area (Å²) in [6.07, 6.45) is 0.939. The summed E-state index contributed by atoms with van der Waals surface area (Å²) in [7, 11) is 0. The highest BCUT2D eigenvalue weighted by atomic mass is 32.1. The second-order valence-corrected chi connectivity index (χ2v) is 9.11. The molecule has 2 heterocycles. The molecule has 0 saturated heterocycles. The van der Waals surface area contributed by atoms with Crippen LogP contribution in [0.4, 0.5) is 0 Å². The van der Waals surface area contributed by atoms with Crippen molar-refractivity contribution in [3.8, 4) is 16.1 Å². The molecule has 0 aliphatic carbocycles. The van der Waals surface area contributed by atoms with Crippen LogP contribution in [0.3, 0.4) is 0 Å². The summed E-state index contributed by atoms with van der Waals surface area (Å²) >= 11 is 1.73. The number of hydrogen-bond acceptors (Lipinski definition) is 4. The van der Waals surface area contributed by atoms with Crippen molar-refractivity contribution in [3.05, 3.63) is 82.5 Å². The lowest BCUT2D eigenvalue weighted by Gasteiger charge is -2.15. The molecule has 4 rings (SSSR count). The number of hydrogen-bond donors (Lipinski definition) is 0. The van der Waals surface area contributed by atoms with E-state index in [1.807, 2.05) is 12.4 Å². The summed E-state index contributed by atoms with van der Waals surface area (Å²) in [4.78, 5) is 6.03. The average Bonchev–Trinajstić information content (AvgIpc) is 3.35. The number of aromatic nitrogens is 4. The fourth-order valence-corrected chi connectivity index (χ4v) is 4.98. The number of thiazole rings is 1. The summed E-state index contributed by atoms with van der Waals surface area (Å²) in [5.74, 6) is 2.57. The molecule has 0 N–H and O–H groups in total. The topological polar surface area (TPSA) is 43.6 Å². The van der Waals surface area contributed by atoms with Crippen LogP contribution in [0.1, 0.15) is 61.1 Å². The van der Waals surface area contributed by atoms with Gasteiger partial charge in [-0.05, 0) is 49.1 Å². The summed E-state index contributed by atoms with van der Waals surface area (Å²) < 4.78 is 2.17. The fraction of sp³-hybridized carbons (Fsp3) is 0.320. The third-order valence-corrected chi connectivity index (χ3v) is 6.40. The quantitative estimate of drug-likeness (QED) is 0.361. The summed E-state index contributed by atoms with van der Waals surface area (Å²) in [5.41, 5.74) is 8.16. The standard InChI is InChI=1S/C25H28N4S/c1-16(2)25-28-27-19(5)29(25)21-11-8-10-20(14-21)13-18(4)23-24(30-15-26-23)22-12-7-6-9-17(22)3/h6-12,14-16,18H,13H2,1-5H3. The van der Waals surface area contributed by atoms with Crippen molar-refractivity contribution in [2.24, 2.45) is 0 Å². The van der Waals surface area contributed by atoms with Gasteiger partial charge < -0.3 is 0 Å². The van der Waals surface area contributed by atoms with E-state index in [0.29, 0.717) is 11.8 Å². The SMILES string of the molecule is Cc1ccccc1-c1scnc1C(C)Cc1cccc(-n2c(C)nnc2C(C)C)c1. The van der Waals surface area contributed by atoms with Crippen LogP contribution in [-0.4, -0.2) is 19.7 Å². The smallest absolute Gasteiger partial charge is 0.140 e. The van der Waals surface area contributed by atoms with E-state index in [1.165, 1.54) is 27.3 Å². The highest BCUT2D eigenvalue weighted by Gasteiger charge is 2.18. The van der Waals surface area contributed by atoms with Crippen LogP contribution >= 0.6 is 11.3 Å². The third-order valence-electron chi connectivity index (χ3n) is 5.53. The Hall–Kier alpha value is -2.79. The predicted molar refractivity (Wildman–Crippen MR) is 125 cm³/mol. The predicted octanol–water partition coefficient (Wildman–Crippen LogP) is 6.48. The van der Waals surface area contributed by atoms with Crippen LogP contribution < -0.4 is 0 Å². The Labute approximate surface area is 182 Å². The molecule has 0 amide bonds. The molecule has 2 aromatic heterocycles. The van der Waals surface area contributed by atoms with Gasteiger partial charge in [-0.15, -0.1) is 21.5 Å². The maximum absolute atomic E-state index is 4.75. The molecule has 0 radical (unpaired) electrons. The normalized spacial score (nSPS) is 12.5. The highest BCUT2D eigenvalue weighted by Crippen LogP contribution is 2.35. The van der Waals surface area contributed by atoms with Gasteiger partial charge >= 0.3 is 0 Å². The summed E-state index contributed by atoms with van der Waals surface area (Å²) in [5, 5.41) is 8.68. The van der Waals surface area contributed by atoms with Crippen LogP contribution in [0.5, 0.6) is 0 Å². The van der Waals surface area contributed by atoms with Crippen LogP contribution in [0, 0.1) is 13.8 Å². The Morgan fingerprint density at radius 2 is 1.77 bits per heavy atom. The second-order valence-electron chi connectivity index (χ2n) is 8.25. The molecule has 0 spiro atoms. The molecule has 0 saturated carbocycles. The zero-order valence-corrected chi connectivity index (χ0v) is 19.1.